The van der Waals surface area contributed by atoms with E-state index in [0.717, 1.165) is 51.4 Å². The van der Waals surface area contributed by atoms with E-state index in [2.05, 4.69) is 6.92 Å². The van der Waals surface area contributed by atoms with Crippen LogP contribution in [-0.4, -0.2) is 25.0 Å². The minimum atomic E-state index is -3.02. The first-order valence-electron chi connectivity index (χ1n) is 7.50. The van der Waals surface area contributed by atoms with E-state index in [1.165, 1.54) is 6.42 Å². The first-order chi connectivity index (χ1) is 8.51. The molecule has 2 aliphatic rings. The summed E-state index contributed by atoms with van der Waals surface area (Å²) in [6.45, 7) is 2.18. The molecule has 0 saturated heterocycles. The second kappa shape index (κ2) is 5.91. The van der Waals surface area contributed by atoms with E-state index >= 15 is 0 Å². The maximum Gasteiger partial charge on any atom is 0.157 e. The summed E-state index contributed by atoms with van der Waals surface area (Å²) >= 11 is 0. The highest BCUT2D eigenvalue weighted by Crippen LogP contribution is 2.33. The molecule has 0 aromatic heterocycles. The molecule has 2 fully saturated rings. The monoisotopic (exact) mass is 273 g/mol. The molecule has 0 amide bonds. The van der Waals surface area contributed by atoms with Gasteiger partial charge in [0.05, 0.1) is 10.5 Å². The van der Waals surface area contributed by atoms with Crippen LogP contribution in [0.1, 0.15) is 64.7 Å². The summed E-state index contributed by atoms with van der Waals surface area (Å²) in [5.41, 5.74) is 6.13. The summed E-state index contributed by atoms with van der Waals surface area (Å²) in [5, 5.41) is -0.384. The molecule has 4 atom stereocenters. The number of rotatable bonds is 2. The van der Waals surface area contributed by atoms with Gasteiger partial charge < -0.3 is 5.73 Å². The topological polar surface area (TPSA) is 60.2 Å². The minimum absolute atomic E-state index is 0.115. The van der Waals surface area contributed by atoms with Crippen LogP contribution in [0, 0.1) is 5.92 Å². The molecule has 0 aromatic carbocycles. The van der Waals surface area contributed by atoms with E-state index in [4.69, 9.17) is 5.73 Å². The fraction of sp³-hybridized carbons (Fsp3) is 1.00. The molecule has 3 nitrogen and oxygen atoms in total. The van der Waals surface area contributed by atoms with Gasteiger partial charge in [0, 0.05) is 6.04 Å². The quantitative estimate of drug-likeness (QED) is 0.787. The molecule has 0 heterocycles. The SMILES string of the molecule is CC1CCCC(S(=O)(=O)C2CCCCCC2N)C1. The highest BCUT2D eigenvalue weighted by molar-refractivity contribution is 7.92. The third kappa shape index (κ3) is 3.08. The van der Waals surface area contributed by atoms with Crippen LogP contribution in [0.25, 0.3) is 0 Å². The van der Waals surface area contributed by atoms with Gasteiger partial charge in [-0.2, -0.15) is 0 Å². The van der Waals surface area contributed by atoms with Crippen LogP contribution in [0.5, 0.6) is 0 Å². The summed E-state index contributed by atoms with van der Waals surface area (Å²) in [7, 11) is -3.02. The maximum absolute atomic E-state index is 12.8. The zero-order valence-corrected chi connectivity index (χ0v) is 12.3. The summed E-state index contributed by atoms with van der Waals surface area (Å²) < 4.78 is 25.5. The Balaban J connectivity index is 2.12. The molecule has 106 valence electrons. The van der Waals surface area contributed by atoms with Crippen molar-refractivity contribution in [2.75, 3.05) is 0 Å². The first kappa shape index (κ1) is 14.3. The van der Waals surface area contributed by atoms with E-state index in [0.29, 0.717) is 5.92 Å². The highest BCUT2D eigenvalue weighted by atomic mass is 32.2. The van der Waals surface area contributed by atoms with Gasteiger partial charge in [0.2, 0.25) is 0 Å². The fourth-order valence-corrected chi connectivity index (χ4v) is 6.34. The van der Waals surface area contributed by atoms with Crippen LogP contribution in [0.15, 0.2) is 0 Å². The number of nitrogens with two attached hydrogens (primary N) is 1. The van der Waals surface area contributed by atoms with Gasteiger partial charge in [0.25, 0.3) is 0 Å². The molecule has 0 bridgehead atoms. The summed E-state index contributed by atoms with van der Waals surface area (Å²) in [6, 6.07) is -0.130. The van der Waals surface area contributed by atoms with Crippen molar-refractivity contribution >= 4 is 9.84 Å². The van der Waals surface area contributed by atoms with Crippen LogP contribution >= 0.6 is 0 Å². The van der Waals surface area contributed by atoms with E-state index in [-0.39, 0.29) is 16.5 Å². The molecule has 2 N–H and O–H groups in total. The minimum Gasteiger partial charge on any atom is -0.327 e. The van der Waals surface area contributed by atoms with Crippen molar-refractivity contribution in [2.24, 2.45) is 11.7 Å². The van der Waals surface area contributed by atoms with Gasteiger partial charge in [-0.15, -0.1) is 0 Å². The van der Waals surface area contributed by atoms with Crippen molar-refractivity contribution in [3.8, 4) is 0 Å². The number of hydrogen-bond donors (Lipinski definition) is 1. The normalized spacial score (nSPS) is 39.2. The molecule has 2 saturated carbocycles. The Bertz CT molecular complexity index is 366. The maximum atomic E-state index is 12.8. The van der Waals surface area contributed by atoms with Crippen molar-refractivity contribution in [3.05, 3.63) is 0 Å². The molecule has 18 heavy (non-hydrogen) atoms. The van der Waals surface area contributed by atoms with Crippen molar-refractivity contribution in [3.63, 3.8) is 0 Å². The van der Waals surface area contributed by atoms with E-state index < -0.39 is 9.84 Å². The predicted octanol–water partition coefficient (Wildman–Crippen LogP) is 2.64. The first-order valence-corrected chi connectivity index (χ1v) is 9.11. The molecule has 0 aliphatic heterocycles. The van der Waals surface area contributed by atoms with Crippen LogP contribution in [0.2, 0.25) is 0 Å². The van der Waals surface area contributed by atoms with Crippen LogP contribution in [0.3, 0.4) is 0 Å². The smallest absolute Gasteiger partial charge is 0.157 e. The zero-order valence-electron chi connectivity index (χ0n) is 11.5. The molecule has 4 unspecified atom stereocenters. The Kier molecular flexibility index (Phi) is 4.70. The molecule has 0 aromatic rings. The second-order valence-corrected chi connectivity index (χ2v) is 8.77. The molecular weight excluding hydrogens is 246 g/mol. The van der Waals surface area contributed by atoms with Gasteiger partial charge in [-0.05, 0) is 31.6 Å². The predicted molar refractivity (Wildman–Crippen MR) is 75.2 cm³/mol. The van der Waals surface area contributed by atoms with Crippen LogP contribution in [-0.2, 0) is 9.84 Å². The van der Waals surface area contributed by atoms with E-state index in [9.17, 15) is 8.42 Å². The zero-order chi connectivity index (χ0) is 13.2. The lowest BCUT2D eigenvalue weighted by atomic mass is 9.90. The molecule has 0 spiro atoms. The summed E-state index contributed by atoms with van der Waals surface area (Å²) in [5.74, 6) is 0.556. The Morgan fingerprint density at radius 1 is 0.944 bits per heavy atom. The average Bonchev–Trinajstić information content (AvgIpc) is 2.54. The van der Waals surface area contributed by atoms with Crippen LogP contribution < -0.4 is 5.73 Å². The van der Waals surface area contributed by atoms with Gasteiger partial charge in [-0.25, -0.2) is 8.42 Å². The van der Waals surface area contributed by atoms with Gasteiger partial charge in [-0.3, -0.25) is 0 Å². The van der Waals surface area contributed by atoms with Gasteiger partial charge in [0.15, 0.2) is 9.84 Å². The van der Waals surface area contributed by atoms with Crippen molar-refractivity contribution in [1.29, 1.82) is 0 Å². The number of sulfone groups is 1. The largest absolute Gasteiger partial charge is 0.327 e. The Labute approximate surface area is 111 Å². The lowest BCUT2D eigenvalue weighted by molar-refractivity contribution is 0.377. The summed E-state index contributed by atoms with van der Waals surface area (Å²) in [6.07, 6.45) is 8.88. The lowest BCUT2D eigenvalue weighted by Crippen LogP contribution is -2.45. The van der Waals surface area contributed by atoms with Crippen molar-refractivity contribution in [2.45, 2.75) is 81.3 Å². The second-order valence-electron chi connectivity index (χ2n) is 6.32. The van der Waals surface area contributed by atoms with E-state index in [1.807, 2.05) is 0 Å². The Morgan fingerprint density at radius 3 is 2.39 bits per heavy atom. The van der Waals surface area contributed by atoms with Gasteiger partial charge >= 0.3 is 0 Å². The molecular formula is C14H27NO2S. The molecule has 2 aliphatic carbocycles. The molecule has 4 heteroatoms. The highest BCUT2D eigenvalue weighted by Gasteiger charge is 2.39. The van der Waals surface area contributed by atoms with Crippen molar-refractivity contribution in [1.82, 2.24) is 0 Å². The van der Waals surface area contributed by atoms with Gasteiger partial charge in [0.1, 0.15) is 0 Å². The molecule has 0 radical (unpaired) electrons. The van der Waals surface area contributed by atoms with Crippen molar-refractivity contribution < 1.29 is 8.42 Å². The third-order valence-corrected chi connectivity index (χ3v) is 7.57. The third-order valence-electron chi connectivity index (χ3n) is 4.78. The average molecular weight is 273 g/mol. The number of hydrogen-bond acceptors (Lipinski definition) is 3. The molecule has 2 rings (SSSR count). The lowest BCUT2D eigenvalue weighted by Gasteiger charge is -2.31. The fourth-order valence-electron chi connectivity index (χ4n) is 3.63. The Hall–Kier alpha value is -0.0900. The summed E-state index contributed by atoms with van der Waals surface area (Å²) in [4.78, 5) is 0. The van der Waals surface area contributed by atoms with Crippen LogP contribution in [0.4, 0.5) is 0 Å². The Morgan fingerprint density at radius 2 is 1.67 bits per heavy atom. The van der Waals surface area contributed by atoms with Gasteiger partial charge in [-0.1, -0.05) is 39.0 Å². The van der Waals surface area contributed by atoms with E-state index in [1.54, 1.807) is 0 Å². The standard InChI is InChI=1S/C14H27NO2S/c1-11-6-5-7-12(10-11)18(16,17)14-9-4-2-3-8-13(14)15/h11-14H,2-10,15H2,1H3.